The lowest BCUT2D eigenvalue weighted by Crippen LogP contribution is -2.07. The van der Waals surface area contributed by atoms with Crippen LogP contribution in [0.3, 0.4) is 0 Å². The lowest BCUT2D eigenvalue weighted by atomic mass is 10.1. The summed E-state index contributed by atoms with van der Waals surface area (Å²) in [7, 11) is -7.89. The molecule has 0 spiro atoms. The molecule has 1 aromatic heterocycles. The molecule has 1 aromatic carbocycles. The van der Waals surface area contributed by atoms with Crippen LogP contribution in [0.2, 0.25) is 0 Å². The van der Waals surface area contributed by atoms with Gasteiger partial charge in [0, 0.05) is 18.9 Å². The van der Waals surface area contributed by atoms with E-state index in [1.54, 1.807) is 24.0 Å². The van der Waals surface area contributed by atoms with Gasteiger partial charge in [0.2, 0.25) is 0 Å². The SMILES string of the molecule is Cn1nccc1CCc1cccc(S(F)(F)(F)(F)F)c1. The van der Waals surface area contributed by atoms with Gasteiger partial charge < -0.3 is 0 Å². The Hall–Kier alpha value is -1.57. The topological polar surface area (TPSA) is 17.8 Å². The van der Waals surface area contributed by atoms with Crippen molar-refractivity contribution in [2.24, 2.45) is 7.05 Å². The maximum Gasteiger partial charge on any atom is 0.310 e. The molecular formula is C12H13F5N2S. The highest BCUT2D eigenvalue weighted by Crippen LogP contribution is 3.02. The summed E-state index contributed by atoms with van der Waals surface area (Å²) in [6.45, 7) is 0. The first-order chi connectivity index (χ1) is 8.95. The van der Waals surface area contributed by atoms with E-state index >= 15 is 0 Å². The highest BCUT2D eigenvalue weighted by atomic mass is 32.5. The predicted molar refractivity (Wildman–Crippen MR) is 68.5 cm³/mol. The van der Waals surface area contributed by atoms with E-state index in [4.69, 9.17) is 0 Å². The number of aryl methyl sites for hydroxylation is 3. The van der Waals surface area contributed by atoms with Crippen molar-refractivity contribution in [2.75, 3.05) is 0 Å². The Morgan fingerprint density at radius 1 is 1.05 bits per heavy atom. The van der Waals surface area contributed by atoms with E-state index in [2.05, 4.69) is 5.10 Å². The van der Waals surface area contributed by atoms with E-state index in [-0.39, 0.29) is 12.0 Å². The summed E-state index contributed by atoms with van der Waals surface area (Å²) in [5.74, 6) is 0. The van der Waals surface area contributed by atoms with Gasteiger partial charge in [-0.2, -0.15) is 5.10 Å². The molecule has 0 aliphatic rings. The van der Waals surface area contributed by atoms with Crippen LogP contribution in [0.5, 0.6) is 0 Å². The van der Waals surface area contributed by atoms with Crippen molar-refractivity contribution in [3.63, 3.8) is 0 Å². The minimum Gasteiger partial charge on any atom is -0.273 e. The van der Waals surface area contributed by atoms with Crippen molar-refractivity contribution in [1.82, 2.24) is 9.78 Å². The van der Waals surface area contributed by atoms with Crippen molar-refractivity contribution in [1.29, 1.82) is 0 Å². The van der Waals surface area contributed by atoms with Crippen molar-refractivity contribution in [3.8, 4) is 0 Å². The summed E-state index contributed by atoms with van der Waals surface area (Å²) in [5, 5.41) is 3.93. The van der Waals surface area contributed by atoms with Gasteiger partial charge >= 0.3 is 10.2 Å². The smallest absolute Gasteiger partial charge is 0.273 e. The van der Waals surface area contributed by atoms with Crippen LogP contribution in [-0.2, 0) is 19.9 Å². The predicted octanol–water partition coefficient (Wildman–Crippen LogP) is 4.86. The first-order valence-corrected chi connectivity index (χ1v) is 7.71. The van der Waals surface area contributed by atoms with Crippen molar-refractivity contribution in [2.45, 2.75) is 17.7 Å². The van der Waals surface area contributed by atoms with Crippen LogP contribution < -0.4 is 0 Å². The van der Waals surface area contributed by atoms with Crippen molar-refractivity contribution in [3.05, 3.63) is 47.8 Å². The van der Waals surface area contributed by atoms with Gasteiger partial charge in [0.15, 0.2) is 0 Å². The normalized spacial score (nSPS) is 15.7. The van der Waals surface area contributed by atoms with E-state index in [1.807, 2.05) is 0 Å². The standard InChI is InChI=1S/C12H13F5N2S/c1-19-11(7-8-18-19)6-5-10-3-2-4-12(9-10)20(13,14,15,16)17/h2-4,7-9H,5-6H2,1H3. The molecule has 0 aliphatic carbocycles. The largest absolute Gasteiger partial charge is 0.310 e. The number of rotatable bonds is 4. The van der Waals surface area contributed by atoms with Crippen LogP contribution >= 0.6 is 10.2 Å². The van der Waals surface area contributed by atoms with Crippen LogP contribution in [0.25, 0.3) is 0 Å². The highest BCUT2D eigenvalue weighted by Gasteiger charge is 2.65. The second-order valence-corrected chi connectivity index (χ2v) is 6.97. The second-order valence-electron chi connectivity index (χ2n) is 4.56. The lowest BCUT2D eigenvalue weighted by molar-refractivity contribution is 0.364. The summed E-state index contributed by atoms with van der Waals surface area (Å²) in [6.07, 6.45) is 2.24. The zero-order valence-corrected chi connectivity index (χ0v) is 11.4. The number of hydrogen-bond donors (Lipinski definition) is 0. The Morgan fingerprint density at radius 2 is 1.75 bits per heavy atom. The highest BCUT2D eigenvalue weighted by molar-refractivity contribution is 8.45. The molecule has 0 atom stereocenters. The molecule has 2 nitrogen and oxygen atoms in total. The zero-order chi connectivity index (χ0) is 15.1. The van der Waals surface area contributed by atoms with Gasteiger partial charge in [0.05, 0.1) is 0 Å². The number of nitrogens with zero attached hydrogens (tertiary/aromatic N) is 2. The third-order valence-electron chi connectivity index (χ3n) is 2.94. The Labute approximate surface area is 112 Å². The van der Waals surface area contributed by atoms with E-state index in [9.17, 15) is 19.4 Å². The Morgan fingerprint density at radius 3 is 2.30 bits per heavy atom. The molecule has 112 valence electrons. The van der Waals surface area contributed by atoms with Gasteiger partial charge in [0.25, 0.3) is 0 Å². The molecule has 2 rings (SSSR count). The summed E-state index contributed by atoms with van der Waals surface area (Å²) in [4.78, 5) is -1.84. The Kier molecular flexibility index (Phi) is 2.94. The third kappa shape index (κ3) is 3.50. The van der Waals surface area contributed by atoms with Crippen molar-refractivity contribution >= 4 is 10.2 Å². The number of hydrogen-bond acceptors (Lipinski definition) is 1. The molecule has 8 heteroatoms. The van der Waals surface area contributed by atoms with E-state index in [1.165, 1.54) is 6.07 Å². The molecule has 2 aromatic rings. The summed E-state index contributed by atoms with van der Waals surface area (Å²) >= 11 is 0. The monoisotopic (exact) mass is 312 g/mol. The van der Waals surface area contributed by atoms with Crippen LogP contribution in [-0.4, -0.2) is 9.78 Å². The van der Waals surface area contributed by atoms with Crippen molar-refractivity contribution < 1.29 is 19.4 Å². The maximum atomic E-state index is 12.7. The molecule has 0 radical (unpaired) electrons. The first-order valence-electron chi connectivity index (χ1n) is 5.76. The molecule has 0 unspecified atom stereocenters. The van der Waals surface area contributed by atoms with Crippen LogP contribution in [0.4, 0.5) is 19.4 Å². The fourth-order valence-electron chi connectivity index (χ4n) is 1.86. The number of benzene rings is 1. The molecule has 0 aliphatic heterocycles. The van der Waals surface area contributed by atoms with Gasteiger partial charge in [-0.25, -0.2) is 0 Å². The molecule has 0 fully saturated rings. The average Bonchev–Trinajstić information content (AvgIpc) is 2.70. The van der Waals surface area contributed by atoms with Crippen LogP contribution in [0.15, 0.2) is 41.4 Å². The summed E-state index contributed by atoms with van der Waals surface area (Å²) in [5.41, 5.74) is 1.04. The van der Waals surface area contributed by atoms with Gasteiger partial charge in [0.1, 0.15) is 4.90 Å². The number of halogens is 5. The van der Waals surface area contributed by atoms with Crippen LogP contribution in [0.1, 0.15) is 11.3 Å². The minimum absolute atomic E-state index is 0.219. The minimum atomic E-state index is -9.59. The third-order valence-corrected chi connectivity index (χ3v) is 4.08. The van der Waals surface area contributed by atoms with Gasteiger partial charge in [-0.1, -0.05) is 31.6 Å². The number of aromatic nitrogens is 2. The molecule has 0 N–H and O–H groups in total. The molecule has 0 amide bonds. The zero-order valence-electron chi connectivity index (χ0n) is 10.6. The van der Waals surface area contributed by atoms with E-state index < -0.39 is 15.1 Å². The van der Waals surface area contributed by atoms with E-state index in [0.29, 0.717) is 18.6 Å². The Balaban J connectivity index is 2.22. The van der Waals surface area contributed by atoms with Gasteiger partial charge in [-0.15, -0.1) is 0 Å². The quantitative estimate of drug-likeness (QED) is 0.737. The fourth-order valence-corrected chi connectivity index (χ4v) is 2.57. The molecule has 20 heavy (non-hydrogen) atoms. The lowest BCUT2D eigenvalue weighted by Gasteiger charge is -2.40. The fraction of sp³-hybridized carbons (Fsp3) is 0.250. The second kappa shape index (κ2) is 3.97. The maximum absolute atomic E-state index is 12.7. The van der Waals surface area contributed by atoms with Gasteiger partial charge in [-0.3, -0.25) is 4.68 Å². The summed E-state index contributed by atoms with van der Waals surface area (Å²) < 4.78 is 65.0. The molecule has 1 heterocycles. The Bertz CT molecular complexity index is 633. The molecular weight excluding hydrogens is 299 g/mol. The molecule has 0 bridgehead atoms. The van der Waals surface area contributed by atoms with Gasteiger partial charge in [-0.05, 0) is 36.6 Å². The summed E-state index contributed by atoms with van der Waals surface area (Å²) in [6, 6.07) is 5.08. The molecule has 0 saturated carbocycles. The first kappa shape index (κ1) is 14.8. The van der Waals surface area contributed by atoms with Crippen LogP contribution in [0, 0.1) is 0 Å². The van der Waals surface area contributed by atoms with E-state index in [0.717, 1.165) is 11.8 Å². The molecule has 0 saturated heterocycles. The average molecular weight is 312 g/mol.